The number of rotatable bonds is 4. The van der Waals surface area contributed by atoms with E-state index in [9.17, 15) is 4.79 Å². The van der Waals surface area contributed by atoms with E-state index in [0.29, 0.717) is 4.88 Å². The van der Waals surface area contributed by atoms with E-state index >= 15 is 0 Å². The largest absolute Gasteiger partial charge is 0.409 e. The average Bonchev–Trinajstić information content (AvgIpc) is 2.83. The second kappa shape index (κ2) is 6.89. The number of nitrogens with zero attached hydrogens (tertiary/aromatic N) is 2. The standard InChI is InChI=1S/C14H22N4O2S/c1-8-12(21-9(2)16-8)14(19)17-11(13(15)18-20)10-6-4-3-5-7-10/h10-11,20H,3-7H2,1-2H3,(H2,15,18)(H,17,19). The number of hydrogen-bond acceptors (Lipinski definition) is 5. The monoisotopic (exact) mass is 310 g/mol. The third-order valence-electron chi connectivity index (χ3n) is 3.95. The van der Waals surface area contributed by atoms with Crippen LogP contribution in [0, 0.1) is 19.8 Å². The zero-order chi connectivity index (χ0) is 15.4. The Kier molecular flexibility index (Phi) is 5.17. The number of amidine groups is 1. The summed E-state index contributed by atoms with van der Waals surface area (Å²) >= 11 is 1.36. The average molecular weight is 310 g/mol. The molecule has 0 radical (unpaired) electrons. The molecule has 0 saturated heterocycles. The summed E-state index contributed by atoms with van der Waals surface area (Å²) in [5.74, 6) is 0.113. The molecule has 116 valence electrons. The van der Waals surface area contributed by atoms with Crippen LogP contribution in [0.2, 0.25) is 0 Å². The van der Waals surface area contributed by atoms with Gasteiger partial charge in [-0.05, 0) is 32.6 Å². The number of amides is 1. The molecule has 0 aromatic carbocycles. The molecular weight excluding hydrogens is 288 g/mol. The van der Waals surface area contributed by atoms with E-state index < -0.39 is 6.04 Å². The van der Waals surface area contributed by atoms with Crippen molar-refractivity contribution in [2.24, 2.45) is 16.8 Å². The molecule has 1 amide bonds. The molecule has 1 unspecified atom stereocenters. The molecule has 1 fully saturated rings. The second-order valence-corrected chi connectivity index (χ2v) is 6.72. The van der Waals surface area contributed by atoms with Gasteiger partial charge in [0.1, 0.15) is 4.88 Å². The fourth-order valence-electron chi connectivity index (χ4n) is 2.91. The molecule has 6 nitrogen and oxygen atoms in total. The van der Waals surface area contributed by atoms with E-state index in [1.165, 1.54) is 17.8 Å². The maximum Gasteiger partial charge on any atom is 0.263 e. The van der Waals surface area contributed by atoms with E-state index in [2.05, 4.69) is 15.5 Å². The maximum atomic E-state index is 12.4. The fraction of sp³-hybridized carbons (Fsp3) is 0.643. The van der Waals surface area contributed by atoms with Crippen LogP contribution in [0.15, 0.2) is 5.16 Å². The smallest absolute Gasteiger partial charge is 0.263 e. The summed E-state index contributed by atoms with van der Waals surface area (Å²) in [4.78, 5) is 17.3. The van der Waals surface area contributed by atoms with Crippen molar-refractivity contribution in [3.8, 4) is 0 Å². The normalized spacial score (nSPS) is 18.5. The van der Waals surface area contributed by atoms with E-state index in [1.807, 2.05) is 13.8 Å². The van der Waals surface area contributed by atoms with Crippen molar-refractivity contribution in [2.45, 2.75) is 52.0 Å². The van der Waals surface area contributed by atoms with Gasteiger partial charge in [-0.2, -0.15) is 0 Å². The van der Waals surface area contributed by atoms with Crippen LogP contribution in [0.3, 0.4) is 0 Å². The zero-order valence-electron chi connectivity index (χ0n) is 12.4. The molecule has 0 bridgehead atoms. The third-order valence-corrected chi connectivity index (χ3v) is 5.02. The van der Waals surface area contributed by atoms with Gasteiger partial charge >= 0.3 is 0 Å². The summed E-state index contributed by atoms with van der Waals surface area (Å²) in [6.45, 7) is 3.69. The van der Waals surface area contributed by atoms with Gasteiger partial charge in [0.15, 0.2) is 5.84 Å². The first kappa shape index (κ1) is 15.8. The van der Waals surface area contributed by atoms with Crippen molar-refractivity contribution >= 4 is 23.1 Å². The third kappa shape index (κ3) is 3.72. The van der Waals surface area contributed by atoms with Gasteiger partial charge in [0.05, 0.1) is 16.7 Å². The molecule has 4 N–H and O–H groups in total. The van der Waals surface area contributed by atoms with Crippen LogP contribution >= 0.6 is 11.3 Å². The Bertz CT molecular complexity index is 535. The van der Waals surface area contributed by atoms with Crippen LogP contribution in [0.4, 0.5) is 0 Å². The Morgan fingerprint density at radius 1 is 1.43 bits per heavy atom. The van der Waals surface area contributed by atoms with Gasteiger partial charge < -0.3 is 16.3 Å². The fourth-order valence-corrected chi connectivity index (χ4v) is 3.73. The van der Waals surface area contributed by atoms with Gasteiger partial charge in [0, 0.05) is 0 Å². The lowest BCUT2D eigenvalue weighted by Gasteiger charge is -2.29. The number of hydrogen-bond donors (Lipinski definition) is 3. The highest BCUT2D eigenvalue weighted by Crippen LogP contribution is 2.27. The molecule has 21 heavy (non-hydrogen) atoms. The number of nitrogens with one attached hydrogen (secondary N) is 1. The Labute approximate surface area is 128 Å². The van der Waals surface area contributed by atoms with Crippen molar-refractivity contribution in [2.75, 3.05) is 0 Å². The Morgan fingerprint density at radius 2 is 2.10 bits per heavy atom. The molecule has 1 aromatic heterocycles. The van der Waals surface area contributed by atoms with Crippen molar-refractivity contribution < 1.29 is 10.0 Å². The first-order chi connectivity index (χ1) is 10.0. The number of carbonyl (C=O) groups excluding carboxylic acids is 1. The minimum absolute atomic E-state index is 0.0779. The van der Waals surface area contributed by atoms with Crippen LogP contribution < -0.4 is 11.1 Å². The summed E-state index contributed by atoms with van der Waals surface area (Å²) in [5.41, 5.74) is 6.51. The molecule has 1 atom stereocenters. The number of oxime groups is 1. The van der Waals surface area contributed by atoms with E-state index in [4.69, 9.17) is 10.9 Å². The van der Waals surface area contributed by atoms with Gasteiger partial charge in [-0.1, -0.05) is 24.4 Å². The number of aromatic nitrogens is 1. The Morgan fingerprint density at radius 3 is 2.62 bits per heavy atom. The summed E-state index contributed by atoms with van der Waals surface area (Å²) in [5, 5.41) is 15.9. The maximum absolute atomic E-state index is 12.4. The second-order valence-electron chi connectivity index (χ2n) is 5.52. The molecular formula is C14H22N4O2S. The zero-order valence-corrected chi connectivity index (χ0v) is 13.2. The van der Waals surface area contributed by atoms with Gasteiger partial charge in [0.2, 0.25) is 0 Å². The lowest BCUT2D eigenvalue weighted by Crippen LogP contribution is -2.49. The predicted octanol–water partition coefficient (Wildman–Crippen LogP) is 2.19. The van der Waals surface area contributed by atoms with Crippen molar-refractivity contribution in [1.82, 2.24) is 10.3 Å². The first-order valence-corrected chi connectivity index (χ1v) is 8.07. The van der Waals surface area contributed by atoms with Gasteiger partial charge in [0.25, 0.3) is 5.91 Å². The van der Waals surface area contributed by atoms with Gasteiger partial charge in [-0.25, -0.2) is 4.98 Å². The van der Waals surface area contributed by atoms with Crippen molar-refractivity contribution in [3.63, 3.8) is 0 Å². The molecule has 0 spiro atoms. The SMILES string of the molecule is Cc1nc(C)c(C(=O)NC(C(N)=NO)C2CCCCC2)s1. The quantitative estimate of drug-likeness (QED) is 0.343. The highest BCUT2D eigenvalue weighted by molar-refractivity contribution is 7.13. The number of nitrogens with two attached hydrogens (primary N) is 1. The van der Waals surface area contributed by atoms with Gasteiger partial charge in [-0.3, -0.25) is 4.79 Å². The first-order valence-electron chi connectivity index (χ1n) is 7.25. The summed E-state index contributed by atoms with van der Waals surface area (Å²) in [6, 6.07) is -0.412. The van der Waals surface area contributed by atoms with Gasteiger partial charge in [-0.15, -0.1) is 11.3 Å². The highest BCUT2D eigenvalue weighted by atomic mass is 32.1. The molecule has 1 aromatic rings. The predicted molar refractivity (Wildman–Crippen MR) is 82.8 cm³/mol. The van der Waals surface area contributed by atoms with Crippen LogP contribution in [0.25, 0.3) is 0 Å². The number of thiazole rings is 1. The van der Waals surface area contributed by atoms with E-state index in [-0.39, 0.29) is 17.7 Å². The van der Waals surface area contributed by atoms with Crippen molar-refractivity contribution in [3.05, 3.63) is 15.6 Å². The van der Waals surface area contributed by atoms with Crippen LogP contribution in [-0.2, 0) is 0 Å². The lowest BCUT2D eigenvalue weighted by atomic mass is 9.83. The molecule has 0 aliphatic heterocycles. The van der Waals surface area contributed by atoms with E-state index in [1.54, 1.807) is 0 Å². The molecule has 1 aliphatic carbocycles. The molecule has 2 rings (SSSR count). The summed E-state index contributed by atoms with van der Waals surface area (Å²) in [6.07, 6.45) is 5.42. The topological polar surface area (TPSA) is 101 Å². The Hall–Kier alpha value is -1.63. The minimum Gasteiger partial charge on any atom is -0.409 e. The Balaban J connectivity index is 2.14. The molecule has 7 heteroatoms. The van der Waals surface area contributed by atoms with Crippen LogP contribution in [0.1, 0.15) is 52.5 Å². The van der Waals surface area contributed by atoms with Crippen LogP contribution in [-0.4, -0.2) is 28.0 Å². The number of carbonyl (C=O) groups is 1. The molecule has 1 heterocycles. The number of aryl methyl sites for hydroxylation is 2. The lowest BCUT2D eigenvalue weighted by molar-refractivity contribution is 0.0934. The molecule has 1 aliphatic rings. The summed E-state index contributed by atoms with van der Waals surface area (Å²) < 4.78 is 0. The van der Waals surface area contributed by atoms with E-state index in [0.717, 1.165) is 36.4 Å². The van der Waals surface area contributed by atoms with Crippen molar-refractivity contribution in [1.29, 1.82) is 0 Å². The van der Waals surface area contributed by atoms with Crippen LogP contribution in [0.5, 0.6) is 0 Å². The molecule has 1 saturated carbocycles. The summed E-state index contributed by atoms with van der Waals surface area (Å²) in [7, 11) is 0. The highest BCUT2D eigenvalue weighted by Gasteiger charge is 2.29. The minimum atomic E-state index is -0.412.